The van der Waals surface area contributed by atoms with Gasteiger partial charge >= 0.3 is 6.15 Å². The van der Waals surface area contributed by atoms with Crippen LogP contribution >= 0.6 is 23.1 Å². The molecule has 2 rings (SSSR count). The molecule has 2 aromatic heterocycles. The molecule has 0 bridgehead atoms. The summed E-state index contributed by atoms with van der Waals surface area (Å²) in [5, 5.41) is 16.1. The van der Waals surface area contributed by atoms with Crippen molar-refractivity contribution >= 4 is 29.2 Å². The molecule has 8 nitrogen and oxygen atoms in total. The predicted octanol–water partition coefficient (Wildman–Crippen LogP) is 1.14. The van der Waals surface area contributed by atoms with Gasteiger partial charge < -0.3 is 9.84 Å². The molecule has 0 saturated carbocycles. The minimum atomic E-state index is 0.0590. The van der Waals surface area contributed by atoms with Crippen LogP contribution in [-0.2, 0) is 27.5 Å². The van der Waals surface area contributed by atoms with E-state index in [0.717, 1.165) is 27.7 Å². The van der Waals surface area contributed by atoms with Crippen LogP contribution in [0.5, 0.6) is 0 Å². The maximum Gasteiger partial charge on any atom is 0.373 e. The summed E-state index contributed by atoms with van der Waals surface area (Å²) in [4.78, 5) is 18.2. The van der Waals surface area contributed by atoms with E-state index < -0.39 is 0 Å². The van der Waals surface area contributed by atoms with Crippen LogP contribution in [0.15, 0.2) is 0 Å². The van der Waals surface area contributed by atoms with E-state index in [9.17, 15) is 0 Å². The first-order valence-corrected chi connectivity index (χ1v) is 7.38. The van der Waals surface area contributed by atoms with E-state index in [1.807, 2.05) is 20.8 Å². The molecule has 0 aromatic carbocycles. The van der Waals surface area contributed by atoms with E-state index >= 15 is 0 Å². The van der Waals surface area contributed by atoms with Crippen LogP contribution in [-0.4, -0.2) is 37.0 Å². The molecule has 2 aromatic rings. The molecule has 116 valence electrons. The van der Waals surface area contributed by atoms with Gasteiger partial charge in [-0.05, 0) is 43.8 Å². The lowest BCUT2D eigenvalue weighted by atomic mass is 10.4. The second-order valence-corrected chi connectivity index (χ2v) is 5.12. The molecule has 0 aliphatic heterocycles. The van der Waals surface area contributed by atoms with Crippen molar-refractivity contribution in [1.29, 1.82) is 0 Å². The Bertz CT molecular complexity index is 538. The fourth-order valence-corrected chi connectivity index (χ4v) is 2.04. The van der Waals surface area contributed by atoms with E-state index in [1.54, 1.807) is 0 Å². The van der Waals surface area contributed by atoms with Crippen LogP contribution in [0, 0.1) is 13.8 Å². The molecular weight excluding hydrogens is 316 g/mol. The van der Waals surface area contributed by atoms with Gasteiger partial charge in [0, 0.05) is 6.61 Å². The lowest BCUT2D eigenvalue weighted by Gasteiger charge is -1.95. The van der Waals surface area contributed by atoms with E-state index in [0.29, 0.717) is 6.61 Å². The second-order valence-electron chi connectivity index (χ2n) is 3.44. The first-order chi connectivity index (χ1) is 10.1. The van der Waals surface area contributed by atoms with Gasteiger partial charge in [-0.2, -0.15) is 9.59 Å². The molecule has 1 N–H and O–H groups in total. The third-order valence-electron chi connectivity index (χ3n) is 2.07. The molecule has 0 atom stereocenters. The number of aromatic nitrogens is 4. The van der Waals surface area contributed by atoms with Crippen molar-refractivity contribution in [3.8, 4) is 0 Å². The fraction of sp³-hybridized carbons (Fsp3) is 0.545. The van der Waals surface area contributed by atoms with E-state index in [4.69, 9.17) is 19.4 Å². The van der Waals surface area contributed by atoms with Crippen LogP contribution < -0.4 is 0 Å². The number of aliphatic hydroxyl groups excluding tert-OH is 1. The van der Waals surface area contributed by atoms with Gasteiger partial charge in [-0.25, -0.2) is 0 Å². The molecule has 0 unspecified atom stereocenters. The highest BCUT2D eigenvalue weighted by Gasteiger charge is 2.00. The summed E-state index contributed by atoms with van der Waals surface area (Å²) >= 11 is 2.64. The number of hydrogen-bond donors (Lipinski definition) is 1. The Hall–Kier alpha value is -1.58. The third kappa shape index (κ3) is 8.33. The lowest BCUT2D eigenvalue weighted by molar-refractivity contribution is -0.191. The summed E-state index contributed by atoms with van der Waals surface area (Å²) in [6.07, 6.45) is 0.250. The van der Waals surface area contributed by atoms with Crippen LogP contribution in [0.3, 0.4) is 0 Å². The molecule has 0 aliphatic carbocycles. The van der Waals surface area contributed by atoms with Crippen molar-refractivity contribution in [1.82, 2.24) is 19.2 Å². The average molecular weight is 332 g/mol. The molecule has 0 saturated heterocycles. The summed E-state index contributed by atoms with van der Waals surface area (Å²) in [6.45, 7) is 7.21. The molecule has 10 heteroatoms. The average Bonchev–Trinajstić information content (AvgIpc) is 3.06. The fourth-order valence-electron chi connectivity index (χ4n) is 0.974. The zero-order chi connectivity index (χ0) is 16.1. The topological polar surface area (TPSA) is 115 Å². The number of ether oxygens (including phenoxy) is 1. The van der Waals surface area contributed by atoms with Gasteiger partial charge in [-0.3, -0.25) is 0 Å². The number of aryl methyl sites for hydroxylation is 2. The number of rotatable bonds is 4. The quantitative estimate of drug-likeness (QED) is 0.886. The number of aliphatic hydroxyl groups is 1. The van der Waals surface area contributed by atoms with Crippen molar-refractivity contribution in [2.24, 2.45) is 0 Å². The maximum absolute atomic E-state index is 8.54. The first-order valence-electron chi connectivity index (χ1n) is 5.84. The lowest BCUT2D eigenvalue weighted by Crippen LogP contribution is -1.90. The van der Waals surface area contributed by atoms with Gasteiger partial charge in [0.2, 0.25) is 0 Å². The Labute approximate surface area is 130 Å². The molecule has 0 amide bonds. The summed E-state index contributed by atoms with van der Waals surface area (Å²) in [6, 6.07) is 0. The van der Waals surface area contributed by atoms with Gasteiger partial charge in [0.1, 0.15) is 0 Å². The van der Waals surface area contributed by atoms with E-state index in [2.05, 4.69) is 19.2 Å². The molecule has 21 heavy (non-hydrogen) atoms. The smallest absolute Gasteiger partial charge is 0.373 e. The molecule has 0 radical (unpaired) electrons. The van der Waals surface area contributed by atoms with Gasteiger partial charge in [0.25, 0.3) is 0 Å². The van der Waals surface area contributed by atoms with Crippen LogP contribution in [0.25, 0.3) is 0 Å². The van der Waals surface area contributed by atoms with Crippen LogP contribution in [0.1, 0.15) is 28.1 Å². The molecular formula is C11H16N4O4S2. The van der Waals surface area contributed by atoms with E-state index in [-0.39, 0.29) is 12.8 Å². The Kier molecular flexibility index (Phi) is 11.3. The predicted molar refractivity (Wildman–Crippen MR) is 75.6 cm³/mol. The summed E-state index contributed by atoms with van der Waals surface area (Å²) < 4.78 is 12.6. The summed E-state index contributed by atoms with van der Waals surface area (Å²) in [7, 11) is 0. The standard InChI is InChI=1S/C6H10N2OS.C4H6N2OS.CO2/c1-3-9-4-6-5(2)7-8-10-6;1-3-4(2-7)8-6-5-3;2-1-3/h3-4H2,1-2H3;7H,2H2,1H3;. The number of carbonyl (C=O) groups excluding carboxylic acids is 2. The Morgan fingerprint density at radius 1 is 1.10 bits per heavy atom. The van der Waals surface area contributed by atoms with Gasteiger partial charge in [0.05, 0.1) is 34.4 Å². The van der Waals surface area contributed by atoms with Crippen molar-refractivity contribution < 1.29 is 19.4 Å². The molecule has 0 fully saturated rings. The Morgan fingerprint density at radius 2 is 1.57 bits per heavy atom. The van der Waals surface area contributed by atoms with Gasteiger partial charge in [0.15, 0.2) is 0 Å². The van der Waals surface area contributed by atoms with Crippen LogP contribution in [0.4, 0.5) is 0 Å². The zero-order valence-corrected chi connectivity index (χ0v) is 13.5. The zero-order valence-electron chi connectivity index (χ0n) is 11.9. The van der Waals surface area contributed by atoms with Crippen molar-refractivity contribution in [2.45, 2.75) is 34.0 Å². The Balaban J connectivity index is 0.000000327. The first kappa shape index (κ1) is 19.4. The minimum Gasteiger partial charge on any atom is -0.391 e. The highest BCUT2D eigenvalue weighted by atomic mass is 32.1. The van der Waals surface area contributed by atoms with Gasteiger partial charge in [-0.1, -0.05) is 8.98 Å². The molecule has 2 heterocycles. The number of nitrogens with zero attached hydrogens (tertiary/aromatic N) is 4. The highest BCUT2D eigenvalue weighted by molar-refractivity contribution is 7.05. The monoisotopic (exact) mass is 332 g/mol. The SMILES string of the molecule is CCOCc1snnc1C.Cc1nnsc1CO.O=C=O. The van der Waals surface area contributed by atoms with E-state index in [1.165, 1.54) is 23.1 Å². The normalized spacial score (nSPS) is 8.95. The highest BCUT2D eigenvalue weighted by Crippen LogP contribution is 2.09. The summed E-state index contributed by atoms with van der Waals surface area (Å²) in [5.41, 5.74) is 1.82. The largest absolute Gasteiger partial charge is 0.391 e. The van der Waals surface area contributed by atoms with Crippen LogP contribution in [0.2, 0.25) is 0 Å². The second kappa shape index (κ2) is 12.2. The minimum absolute atomic E-state index is 0.0590. The Morgan fingerprint density at radius 3 is 1.86 bits per heavy atom. The number of hydrogen-bond acceptors (Lipinski definition) is 10. The van der Waals surface area contributed by atoms with Crippen molar-refractivity contribution in [3.05, 3.63) is 21.1 Å². The van der Waals surface area contributed by atoms with Gasteiger partial charge in [-0.15, -0.1) is 10.2 Å². The molecule has 0 spiro atoms. The molecule has 0 aliphatic rings. The van der Waals surface area contributed by atoms with Crippen molar-refractivity contribution in [3.63, 3.8) is 0 Å². The maximum atomic E-state index is 8.54. The third-order valence-corrected chi connectivity index (χ3v) is 3.68. The summed E-state index contributed by atoms with van der Waals surface area (Å²) in [5.74, 6) is 0. The van der Waals surface area contributed by atoms with Crippen molar-refractivity contribution in [2.75, 3.05) is 6.61 Å².